The van der Waals surface area contributed by atoms with Gasteiger partial charge in [0.1, 0.15) is 0 Å². The van der Waals surface area contributed by atoms with Crippen LogP contribution in [0.3, 0.4) is 0 Å². The maximum atomic E-state index is 6.15. The summed E-state index contributed by atoms with van der Waals surface area (Å²) in [6.07, 6.45) is 0.262. The van der Waals surface area contributed by atoms with Crippen molar-refractivity contribution in [2.45, 2.75) is 19.6 Å². The van der Waals surface area contributed by atoms with Gasteiger partial charge in [-0.1, -0.05) is 17.7 Å². The Balaban J connectivity index is 2.28. The Morgan fingerprint density at radius 3 is 3.06 bits per heavy atom. The molecule has 16 heavy (non-hydrogen) atoms. The second-order valence-corrected chi connectivity index (χ2v) is 4.48. The lowest BCUT2D eigenvalue weighted by Gasteiger charge is -2.34. The van der Waals surface area contributed by atoms with Crippen molar-refractivity contribution in [1.82, 2.24) is 0 Å². The van der Waals surface area contributed by atoms with E-state index >= 15 is 0 Å². The molecular weight excluding hydrogens is 224 g/mol. The SMILES string of the molecule is CC1CN(c2cccc(Cl)c2CN)CCO1. The summed E-state index contributed by atoms with van der Waals surface area (Å²) in [7, 11) is 0. The van der Waals surface area contributed by atoms with Gasteiger partial charge in [-0.15, -0.1) is 0 Å². The van der Waals surface area contributed by atoms with E-state index in [1.165, 1.54) is 0 Å². The highest BCUT2D eigenvalue weighted by atomic mass is 35.5. The van der Waals surface area contributed by atoms with Crippen molar-refractivity contribution in [2.24, 2.45) is 5.73 Å². The van der Waals surface area contributed by atoms with E-state index < -0.39 is 0 Å². The number of ether oxygens (including phenoxy) is 1. The average molecular weight is 241 g/mol. The monoisotopic (exact) mass is 240 g/mol. The third kappa shape index (κ3) is 2.32. The number of anilines is 1. The second-order valence-electron chi connectivity index (χ2n) is 4.07. The van der Waals surface area contributed by atoms with Crippen molar-refractivity contribution in [3.63, 3.8) is 0 Å². The maximum Gasteiger partial charge on any atom is 0.0722 e. The second kappa shape index (κ2) is 5.04. The first-order valence-electron chi connectivity index (χ1n) is 5.56. The van der Waals surface area contributed by atoms with Gasteiger partial charge in [0.15, 0.2) is 0 Å². The molecule has 88 valence electrons. The third-order valence-electron chi connectivity index (χ3n) is 2.88. The smallest absolute Gasteiger partial charge is 0.0722 e. The number of benzene rings is 1. The number of hydrogen-bond donors (Lipinski definition) is 1. The van der Waals surface area contributed by atoms with Crippen LogP contribution in [-0.4, -0.2) is 25.8 Å². The van der Waals surface area contributed by atoms with Crippen LogP contribution in [0.5, 0.6) is 0 Å². The standard InChI is InChI=1S/C12H17ClN2O/c1-9-8-15(5-6-16-9)12-4-2-3-11(13)10(12)7-14/h2-4,9H,5-8,14H2,1H3. The van der Waals surface area contributed by atoms with Crippen LogP contribution in [0.4, 0.5) is 5.69 Å². The Morgan fingerprint density at radius 2 is 2.38 bits per heavy atom. The molecule has 1 aliphatic rings. The van der Waals surface area contributed by atoms with Gasteiger partial charge in [-0.05, 0) is 19.1 Å². The normalized spacial score (nSPS) is 21.2. The topological polar surface area (TPSA) is 38.5 Å². The van der Waals surface area contributed by atoms with E-state index in [0.29, 0.717) is 6.54 Å². The lowest BCUT2D eigenvalue weighted by atomic mass is 10.1. The van der Waals surface area contributed by atoms with Gasteiger partial charge in [0.05, 0.1) is 12.7 Å². The van der Waals surface area contributed by atoms with Crippen LogP contribution in [-0.2, 0) is 11.3 Å². The van der Waals surface area contributed by atoms with E-state index in [1.807, 2.05) is 12.1 Å². The van der Waals surface area contributed by atoms with Crippen LogP contribution in [0, 0.1) is 0 Å². The van der Waals surface area contributed by atoms with Gasteiger partial charge in [0.2, 0.25) is 0 Å². The number of rotatable bonds is 2. The van der Waals surface area contributed by atoms with E-state index in [1.54, 1.807) is 0 Å². The Morgan fingerprint density at radius 1 is 1.56 bits per heavy atom. The van der Waals surface area contributed by atoms with Crippen LogP contribution < -0.4 is 10.6 Å². The molecule has 0 amide bonds. The third-order valence-corrected chi connectivity index (χ3v) is 3.23. The molecule has 1 fully saturated rings. The summed E-state index contributed by atoms with van der Waals surface area (Å²) in [5.74, 6) is 0. The number of halogens is 1. The molecule has 1 aromatic rings. The van der Waals surface area contributed by atoms with Crippen molar-refractivity contribution in [1.29, 1.82) is 0 Å². The lowest BCUT2D eigenvalue weighted by molar-refractivity contribution is 0.0532. The molecule has 0 spiro atoms. The van der Waals surface area contributed by atoms with Gasteiger partial charge in [-0.25, -0.2) is 0 Å². The van der Waals surface area contributed by atoms with Gasteiger partial charge in [0.25, 0.3) is 0 Å². The van der Waals surface area contributed by atoms with E-state index in [0.717, 1.165) is 36.0 Å². The summed E-state index contributed by atoms with van der Waals surface area (Å²) in [4.78, 5) is 2.29. The molecule has 0 saturated carbocycles. The first kappa shape index (κ1) is 11.7. The highest BCUT2D eigenvalue weighted by Crippen LogP contribution is 2.28. The highest BCUT2D eigenvalue weighted by Gasteiger charge is 2.19. The molecule has 0 radical (unpaired) electrons. The van der Waals surface area contributed by atoms with Gasteiger partial charge in [-0.3, -0.25) is 0 Å². The fraction of sp³-hybridized carbons (Fsp3) is 0.500. The molecule has 1 atom stereocenters. The van der Waals surface area contributed by atoms with E-state index in [4.69, 9.17) is 22.1 Å². The predicted molar refractivity (Wildman–Crippen MR) is 67.0 cm³/mol. The van der Waals surface area contributed by atoms with Crippen LogP contribution in [0.1, 0.15) is 12.5 Å². The molecule has 1 aliphatic heterocycles. The van der Waals surface area contributed by atoms with Crippen molar-refractivity contribution in [3.8, 4) is 0 Å². The predicted octanol–water partition coefficient (Wildman–Crippen LogP) is 2.02. The first-order valence-corrected chi connectivity index (χ1v) is 5.94. The minimum absolute atomic E-state index is 0.262. The Kier molecular flexibility index (Phi) is 3.69. The van der Waals surface area contributed by atoms with Crippen LogP contribution in [0.15, 0.2) is 18.2 Å². The molecule has 1 heterocycles. The quantitative estimate of drug-likeness (QED) is 0.860. The van der Waals surface area contributed by atoms with Gasteiger partial charge >= 0.3 is 0 Å². The maximum absolute atomic E-state index is 6.15. The first-order chi connectivity index (χ1) is 7.72. The summed E-state index contributed by atoms with van der Waals surface area (Å²) >= 11 is 6.15. The van der Waals surface area contributed by atoms with Crippen LogP contribution in [0.25, 0.3) is 0 Å². The molecule has 1 unspecified atom stereocenters. The van der Waals surface area contributed by atoms with Gasteiger partial charge < -0.3 is 15.4 Å². The molecule has 0 aromatic heterocycles. The molecule has 0 bridgehead atoms. The van der Waals surface area contributed by atoms with Crippen molar-refractivity contribution in [2.75, 3.05) is 24.6 Å². The summed E-state index contributed by atoms with van der Waals surface area (Å²) in [5, 5.41) is 0.749. The molecule has 1 saturated heterocycles. The molecule has 1 aromatic carbocycles. The Hall–Kier alpha value is -0.770. The fourth-order valence-electron chi connectivity index (χ4n) is 2.08. The minimum Gasteiger partial charge on any atom is -0.375 e. The highest BCUT2D eigenvalue weighted by molar-refractivity contribution is 6.31. The van der Waals surface area contributed by atoms with Gasteiger partial charge in [0, 0.05) is 35.9 Å². The summed E-state index contributed by atoms with van der Waals surface area (Å²) in [6, 6.07) is 5.93. The lowest BCUT2D eigenvalue weighted by Crippen LogP contribution is -2.41. The van der Waals surface area contributed by atoms with Gasteiger partial charge in [-0.2, -0.15) is 0 Å². The molecule has 2 N–H and O–H groups in total. The molecular formula is C12H17ClN2O. The number of morpholine rings is 1. The molecule has 4 heteroatoms. The summed E-state index contributed by atoms with van der Waals surface area (Å²) in [6.45, 7) is 5.11. The minimum atomic E-state index is 0.262. The van der Waals surface area contributed by atoms with Crippen molar-refractivity contribution < 1.29 is 4.74 Å². The summed E-state index contributed by atoms with van der Waals surface area (Å²) in [5.41, 5.74) is 7.92. The molecule has 2 rings (SSSR count). The fourth-order valence-corrected chi connectivity index (χ4v) is 2.33. The summed E-state index contributed by atoms with van der Waals surface area (Å²) < 4.78 is 5.53. The average Bonchev–Trinajstić information content (AvgIpc) is 2.28. The number of hydrogen-bond acceptors (Lipinski definition) is 3. The van der Waals surface area contributed by atoms with E-state index in [-0.39, 0.29) is 6.10 Å². The largest absolute Gasteiger partial charge is 0.375 e. The Bertz CT molecular complexity index is 370. The Labute approximate surface area is 101 Å². The zero-order valence-electron chi connectivity index (χ0n) is 9.45. The van der Waals surface area contributed by atoms with Crippen LogP contribution >= 0.6 is 11.6 Å². The number of nitrogens with two attached hydrogens (primary N) is 1. The van der Waals surface area contributed by atoms with Crippen LogP contribution in [0.2, 0.25) is 5.02 Å². The van der Waals surface area contributed by atoms with Crippen molar-refractivity contribution >= 4 is 17.3 Å². The van der Waals surface area contributed by atoms with E-state index in [9.17, 15) is 0 Å². The van der Waals surface area contributed by atoms with Crippen molar-refractivity contribution in [3.05, 3.63) is 28.8 Å². The zero-order chi connectivity index (χ0) is 11.5. The van der Waals surface area contributed by atoms with E-state index in [2.05, 4.69) is 17.9 Å². The number of nitrogens with zero attached hydrogens (tertiary/aromatic N) is 1. The molecule has 3 nitrogen and oxygen atoms in total. The molecule has 0 aliphatic carbocycles. The zero-order valence-corrected chi connectivity index (χ0v) is 10.2.